The van der Waals surface area contributed by atoms with E-state index in [1.807, 2.05) is 13.8 Å². The summed E-state index contributed by atoms with van der Waals surface area (Å²) in [4.78, 5) is 24.8. The van der Waals surface area contributed by atoms with Gasteiger partial charge >= 0.3 is 5.97 Å². The van der Waals surface area contributed by atoms with Crippen LogP contribution in [0.1, 0.15) is 33.1 Å². The van der Waals surface area contributed by atoms with E-state index in [0.29, 0.717) is 25.9 Å². The Morgan fingerprint density at radius 1 is 1.23 bits per heavy atom. The lowest BCUT2D eigenvalue weighted by Gasteiger charge is -2.40. The van der Waals surface area contributed by atoms with Gasteiger partial charge in [-0.15, -0.1) is 0 Å². The number of aliphatic hydroxyl groups is 3. The second-order valence-electron chi connectivity index (χ2n) is 5.22. The third-order valence-electron chi connectivity index (χ3n) is 3.39. The van der Waals surface area contributed by atoms with Crippen LogP contribution in [0.25, 0.3) is 0 Å². The van der Waals surface area contributed by atoms with Crippen LogP contribution in [0.3, 0.4) is 0 Å². The fraction of sp³-hybridized carbons (Fsp3) is 0.846. The molecule has 0 bridgehead atoms. The Balaban J connectivity index is 0.00000441. The number of aliphatic carboxylic acids is 1. The Bertz CT molecular complexity index is 387. The Morgan fingerprint density at radius 3 is 2.14 bits per heavy atom. The molecule has 0 saturated carbocycles. The van der Waals surface area contributed by atoms with Crippen molar-refractivity contribution in [2.45, 2.75) is 57.2 Å². The van der Waals surface area contributed by atoms with Gasteiger partial charge in [0.2, 0.25) is 0 Å². The number of carbonyl (C=O) groups excluding carboxylic acids is 1. The van der Waals surface area contributed by atoms with Gasteiger partial charge in [0, 0.05) is 19.5 Å². The number of nitrogens with zero attached hydrogens (tertiary/aromatic N) is 1. The standard InChI is InChI=1S/C13H23NO7.H3N/c1-3-5-14(6-4-2)11(17)10-9(16)8(15)7-13(20,21-10)12(18)19;/h8-10,15-16,20H,3-7H2,1-2H3,(H,18,19);1H3/t8-,9+,10+,13?;/m0./s1. The molecule has 9 heteroatoms. The number of amides is 1. The van der Waals surface area contributed by atoms with Gasteiger partial charge in [0.25, 0.3) is 11.7 Å². The van der Waals surface area contributed by atoms with Crippen LogP contribution in [0.2, 0.25) is 0 Å². The first kappa shape index (κ1) is 20.7. The average Bonchev–Trinajstić information content (AvgIpc) is 2.41. The van der Waals surface area contributed by atoms with E-state index in [2.05, 4.69) is 0 Å². The molecule has 0 aliphatic carbocycles. The number of hydrogen-bond acceptors (Lipinski definition) is 7. The second-order valence-corrected chi connectivity index (χ2v) is 5.22. The zero-order chi connectivity index (χ0) is 16.2. The second kappa shape index (κ2) is 8.39. The fourth-order valence-electron chi connectivity index (χ4n) is 2.32. The molecule has 22 heavy (non-hydrogen) atoms. The smallest absolute Gasteiger partial charge is 0.364 e. The summed E-state index contributed by atoms with van der Waals surface area (Å²) in [6.07, 6.45) is -4.07. The number of ether oxygens (including phenoxy) is 1. The summed E-state index contributed by atoms with van der Waals surface area (Å²) in [5.74, 6) is -5.02. The van der Waals surface area contributed by atoms with Crippen LogP contribution in [0.4, 0.5) is 0 Å². The highest BCUT2D eigenvalue weighted by atomic mass is 16.7. The predicted octanol–water partition coefficient (Wildman–Crippen LogP) is -0.919. The number of carboxylic acids is 1. The van der Waals surface area contributed by atoms with Gasteiger partial charge in [-0.2, -0.15) is 0 Å². The van der Waals surface area contributed by atoms with E-state index in [1.165, 1.54) is 4.90 Å². The monoisotopic (exact) mass is 322 g/mol. The summed E-state index contributed by atoms with van der Waals surface area (Å²) in [6.45, 7) is 4.58. The maximum Gasteiger partial charge on any atom is 0.364 e. The lowest BCUT2D eigenvalue weighted by molar-refractivity contribution is -0.289. The van der Waals surface area contributed by atoms with Gasteiger partial charge in [0.15, 0.2) is 6.10 Å². The summed E-state index contributed by atoms with van der Waals surface area (Å²) >= 11 is 0. The van der Waals surface area contributed by atoms with E-state index in [1.54, 1.807) is 0 Å². The molecule has 1 fully saturated rings. The van der Waals surface area contributed by atoms with E-state index < -0.39 is 42.4 Å². The van der Waals surface area contributed by atoms with Crippen molar-refractivity contribution < 1.29 is 34.8 Å². The highest BCUT2D eigenvalue weighted by Crippen LogP contribution is 2.29. The Hall–Kier alpha value is -1.26. The molecule has 1 aliphatic rings. The van der Waals surface area contributed by atoms with Gasteiger partial charge in [0.05, 0.1) is 6.10 Å². The molecule has 1 saturated heterocycles. The number of aliphatic hydroxyl groups excluding tert-OH is 2. The SMILES string of the molecule is CCCN(CCC)C(=O)[C@@H]1OC(O)(C(=O)O)C[C@H](O)[C@H]1O.N. The average molecular weight is 322 g/mol. The first-order valence-electron chi connectivity index (χ1n) is 7.05. The number of carbonyl (C=O) groups is 2. The van der Waals surface area contributed by atoms with Crippen LogP contribution in [-0.2, 0) is 14.3 Å². The van der Waals surface area contributed by atoms with Gasteiger partial charge < -0.3 is 36.2 Å². The minimum atomic E-state index is -2.68. The predicted molar refractivity (Wildman–Crippen MR) is 76.3 cm³/mol. The molecule has 0 radical (unpaired) electrons. The molecule has 0 aromatic rings. The number of carboxylic acid groups (broad SMARTS) is 1. The molecule has 1 amide bonds. The van der Waals surface area contributed by atoms with Crippen molar-refractivity contribution in [2.75, 3.05) is 13.1 Å². The molecule has 1 aliphatic heterocycles. The summed E-state index contributed by atoms with van der Waals surface area (Å²) in [5.41, 5.74) is 0. The van der Waals surface area contributed by atoms with Gasteiger partial charge in [-0.1, -0.05) is 13.8 Å². The zero-order valence-corrected chi connectivity index (χ0v) is 12.9. The molecular formula is C13H26N2O7. The lowest BCUT2D eigenvalue weighted by atomic mass is 9.94. The van der Waals surface area contributed by atoms with Crippen molar-refractivity contribution in [2.24, 2.45) is 0 Å². The maximum atomic E-state index is 12.4. The summed E-state index contributed by atoms with van der Waals surface area (Å²) in [5, 5.41) is 38.4. The van der Waals surface area contributed by atoms with E-state index in [-0.39, 0.29) is 6.15 Å². The fourth-order valence-corrected chi connectivity index (χ4v) is 2.32. The van der Waals surface area contributed by atoms with Gasteiger partial charge in [-0.25, -0.2) is 4.79 Å². The summed E-state index contributed by atoms with van der Waals surface area (Å²) in [6, 6.07) is 0. The Labute approximate surface area is 129 Å². The normalized spacial score (nSPS) is 31.2. The van der Waals surface area contributed by atoms with Crippen molar-refractivity contribution in [3.8, 4) is 0 Å². The zero-order valence-electron chi connectivity index (χ0n) is 12.9. The van der Waals surface area contributed by atoms with Crippen LogP contribution in [0.5, 0.6) is 0 Å². The molecule has 130 valence electrons. The van der Waals surface area contributed by atoms with Crippen LogP contribution < -0.4 is 6.15 Å². The van der Waals surface area contributed by atoms with Crippen molar-refractivity contribution in [1.29, 1.82) is 0 Å². The molecule has 7 N–H and O–H groups in total. The topological polar surface area (TPSA) is 163 Å². The molecule has 9 nitrogen and oxygen atoms in total. The Morgan fingerprint density at radius 2 is 1.73 bits per heavy atom. The van der Waals surface area contributed by atoms with Crippen LogP contribution in [0, 0.1) is 0 Å². The highest BCUT2D eigenvalue weighted by Gasteiger charge is 2.53. The van der Waals surface area contributed by atoms with E-state index >= 15 is 0 Å². The first-order valence-corrected chi connectivity index (χ1v) is 7.05. The number of hydrogen-bond donors (Lipinski definition) is 5. The van der Waals surface area contributed by atoms with Gasteiger partial charge in [0.1, 0.15) is 6.10 Å². The minimum absolute atomic E-state index is 0. The largest absolute Gasteiger partial charge is 0.477 e. The molecule has 1 heterocycles. The van der Waals surface area contributed by atoms with Crippen molar-refractivity contribution in [1.82, 2.24) is 11.1 Å². The Kier molecular flexibility index (Phi) is 7.91. The van der Waals surface area contributed by atoms with Crippen LogP contribution in [0.15, 0.2) is 0 Å². The van der Waals surface area contributed by atoms with Crippen LogP contribution in [-0.4, -0.2) is 74.4 Å². The third kappa shape index (κ3) is 4.37. The molecule has 4 atom stereocenters. The van der Waals surface area contributed by atoms with E-state index in [0.717, 1.165) is 0 Å². The van der Waals surface area contributed by atoms with Gasteiger partial charge in [-0.05, 0) is 12.8 Å². The molecule has 1 rings (SSSR count). The molecule has 0 aromatic carbocycles. The minimum Gasteiger partial charge on any atom is -0.477 e. The molecular weight excluding hydrogens is 296 g/mol. The molecule has 1 unspecified atom stereocenters. The lowest BCUT2D eigenvalue weighted by Crippen LogP contribution is -2.62. The van der Waals surface area contributed by atoms with Crippen LogP contribution >= 0.6 is 0 Å². The van der Waals surface area contributed by atoms with Crippen molar-refractivity contribution in [3.63, 3.8) is 0 Å². The first-order chi connectivity index (χ1) is 9.76. The van der Waals surface area contributed by atoms with Gasteiger partial charge in [-0.3, -0.25) is 4.79 Å². The van der Waals surface area contributed by atoms with E-state index in [9.17, 15) is 24.9 Å². The third-order valence-corrected chi connectivity index (χ3v) is 3.39. The highest BCUT2D eigenvalue weighted by molar-refractivity contribution is 5.83. The summed E-state index contributed by atoms with van der Waals surface area (Å²) < 4.78 is 4.91. The molecule has 0 aromatic heterocycles. The molecule has 0 spiro atoms. The van der Waals surface area contributed by atoms with Crippen molar-refractivity contribution in [3.05, 3.63) is 0 Å². The van der Waals surface area contributed by atoms with Crippen molar-refractivity contribution >= 4 is 11.9 Å². The summed E-state index contributed by atoms with van der Waals surface area (Å²) in [7, 11) is 0. The number of rotatable bonds is 6. The maximum absolute atomic E-state index is 12.4. The van der Waals surface area contributed by atoms with E-state index in [4.69, 9.17) is 9.84 Å². The quantitative estimate of drug-likeness (QED) is 0.419.